The van der Waals surface area contributed by atoms with E-state index in [9.17, 15) is 83.7 Å². The molecule has 9 aromatic heterocycles. The number of ketones is 1. The lowest BCUT2D eigenvalue weighted by atomic mass is 9.89. The lowest BCUT2D eigenvalue weighted by Gasteiger charge is -2.30. The number of imidazole rings is 3. The van der Waals surface area contributed by atoms with Crippen LogP contribution in [-0.4, -0.2) is 287 Å². The fraction of sp³-hybridized carbons (Fsp3) is 0.394. The van der Waals surface area contributed by atoms with Crippen molar-refractivity contribution in [3.05, 3.63) is 250 Å². The monoisotopic (exact) mass is 2050 g/mol. The summed E-state index contributed by atoms with van der Waals surface area (Å²) in [6.07, 6.45) is 10.9. The van der Waals surface area contributed by atoms with Crippen LogP contribution in [0.5, 0.6) is 0 Å². The molecule has 47 heteroatoms. The average Bonchev–Trinajstić information content (AvgIpc) is 1.71. The number of sulfonamides is 3. The topological polar surface area (TPSA) is 513 Å². The molecular weight excluding hydrogens is 1940 g/mol. The van der Waals surface area contributed by atoms with Crippen LogP contribution < -0.4 is 27.7 Å². The number of benzene rings is 3. The second-order valence-corrected chi connectivity index (χ2v) is 45.5. The van der Waals surface area contributed by atoms with E-state index in [1.807, 2.05) is 0 Å². The Hall–Kier alpha value is -12.1. The molecule has 0 aliphatic carbocycles. The Morgan fingerprint density at radius 2 is 0.709 bits per heavy atom. The molecule has 5 N–H and O–H groups in total. The fourth-order valence-corrected chi connectivity index (χ4v) is 26.7. The first-order valence-corrected chi connectivity index (χ1v) is 52.2. The number of aliphatic carboxylic acids is 3. The zero-order valence-electron chi connectivity index (χ0n) is 77.5. The number of Topliss-reactive ketones (excluding diaryl/α,β-unsaturated/α-hetero) is 1. The lowest BCUT2D eigenvalue weighted by Crippen LogP contribution is -2.56. The van der Waals surface area contributed by atoms with E-state index in [0.29, 0.717) is 67.2 Å². The summed E-state index contributed by atoms with van der Waals surface area (Å²) in [7, 11) is -12.6. The van der Waals surface area contributed by atoms with Crippen LogP contribution >= 0.6 is 35.3 Å². The number of carboxylic acids is 3. The molecule has 0 bridgehead atoms. The molecule has 3 aliphatic rings. The third-order valence-electron chi connectivity index (χ3n) is 24.4. The van der Waals surface area contributed by atoms with Crippen LogP contribution in [0.3, 0.4) is 0 Å². The van der Waals surface area contributed by atoms with Crippen LogP contribution in [-0.2, 0) is 126 Å². The molecule has 2 amide bonds. The Morgan fingerprint density at radius 1 is 0.397 bits per heavy atom. The van der Waals surface area contributed by atoms with E-state index in [1.54, 1.807) is 163 Å². The largest absolute Gasteiger partial charge is 0.481 e. The number of nitrogens with zero attached hydrogens (tertiary/aromatic N) is 15. The van der Waals surface area contributed by atoms with E-state index in [4.69, 9.17) is 28.4 Å². The molecule has 15 rings (SSSR count). The third kappa shape index (κ3) is 23.2. The predicted octanol–water partition coefficient (Wildman–Crippen LogP) is 6.30. The molecule has 0 radical (unpaired) electrons. The number of amides is 2. The first kappa shape index (κ1) is 103. The number of aromatic nitrogens is 12. The Kier molecular flexibility index (Phi) is 32.7. The second kappa shape index (κ2) is 44.6. The van der Waals surface area contributed by atoms with Crippen molar-refractivity contribution >= 4 is 134 Å². The SMILES string of the molecule is CC1(C)SCN(S(=O)(=O)c2cccnc2)[C@@H]1C(=O)C[C@@H](Cc1ccc(-n2c(=O)n(CCOCCOCC(COCCOCCn3c(=O)n(-c4ccc(C[C@H](NC(=O)[C@H]5N(S(=O)(=O)c6cccnc6)CSC5(C)C)C(=O)O)cc4)c4ncccc43)OCCOCCn3c(=O)n(-c4ccc(C[C@H](NC(=O)[C@H]5N(S(=O)(=O)c6cccnc6)CSC5(C)C)C(=O)O)cc4)c4ncccc43)c3cccnc32)cc1)C(=O)O. The second-order valence-electron chi connectivity index (χ2n) is 35.0. The molecular formula is C94H105N17O24S6. The fourth-order valence-electron chi connectivity index (χ4n) is 17.2. The van der Waals surface area contributed by atoms with Gasteiger partial charge in [0.25, 0.3) is 0 Å². The van der Waals surface area contributed by atoms with Crippen molar-refractivity contribution in [1.82, 2.24) is 80.9 Å². The highest BCUT2D eigenvalue weighted by atomic mass is 32.2. The van der Waals surface area contributed by atoms with Crippen LogP contribution in [0.25, 0.3) is 50.6 Å². The van der Waals surface area contributed by atoms with Crippen molar-refractivity contribution in [3.8, 4) is 17.1 Å². The predicted molar refractivity (Wildman–Crippen MR) is 522 cm³/mol. The van der Waals surface area contributed by atoms with Crippen molar-refractivity contribution in [2.24, 2.45) is 5.92 Å². The van der Waals surface area contributed by atoms with Gasteiger partial charge in [-0.3, -0.25) is 47.8 Å². The van der Waals surface area contributed by atoms with Gasteiger partial charge in [-0.2, -0.15) is 12.9 Å². The number of rotatable bonds is 48. The molecule has 7 atom stereocenters. The van der Waals surface area contributed by atoms with Crippen LogP contribution in [0.4, 0.5) is 0 Å². The maximum absolute atomic E-state index is 14.4. The minimum atomic E-state index is -4.20. The molecule has 746 valence electrons. The van der Waals surface area contributed by atoms with Gasteiger partial charge in [0.15, 0.2) is 22.7 Å². The van der Waals surface area contributed by atoms with Crippen LogP contribution in [0.15, 0.2) is 230 Å². The summed E-state index contributed by atoms with van der Waals surface area (Å²) in [4.78, 5) is 149. The van der Waals surface area contributed by atoms with E-state index in [2.05, 4.69) is 40.5 Å². The summed E-state index contributed by atoms with van der Waals surface area (Å²) in [6.45, 7) is 11.3. The summed E-state index contributed by atoms with van der Waals surface area (Å²) in [5.74, 6) is -7.38. The Balaban J connectivity index is 0.559. The molecule has 41 nitrogen and oxygen atoms in total. The maximum atomic E-state index is 14.4. The van der Waals surface area contributed by atoms with Crippen LogP contribution in [0, 0.1) is 5.92 Å². The van der Waals surface area contributed by atoms with Gasteiger partial charge in [0.05, 0.1) is 156 Å². The molecule has 3 saturated heterocycles. The van der Waals surface area contributed by atoms with Crippen molar-refractivity contribution in [2.45, 2.75) is 152 Å². The summed E-state index contributed by atoms with van der Waals surface area (Å²) >= 11 is 3.76. The van der Waals surface area contributed by atoms with Crippen molar-refractivity contribution in [1.29, 1.82) is 0 Å². The molecule has 3 aromatic carbocycles. The number of hydrogen-bond acceptors (Lipinski definition) is 30. The zero-order chi connectivity index (χ0) is 100. The molecule has 1 unspecified atom stereocenters. The van der Waals surface area contributed by atoms with Gasteiger partial charge < -0.3 is 54.4 Å². The number of carbonyl (C=O) groups excluding carboxylic acids is 3. The normalized spacial score (nSPS) is 17.6. The van der Waals surface area contributed by atoms with Crippen LogP contribution in [0.1, 0.15) is 64.7 Å². The number of thioether (sulfide) groups is 3. The molecule has 12 heterocycles. The number of pyridine rings is 6. The zero-order valence-corrected chi connectivity index (χ0v) is 82.4. The Labute approximate surface area is 822 Å². The molecule has 3 aliphatic heterocycles. The van der Waals surface area contributed by atoms with E-state index < -0.39 is 146 Å². The molecule has 12 aromatic rings. The third-order valence-corrected chi connectivity index (χ3v) is 34.4. The van der Waals surface area contributed by atoms with Gasteiger partial charge in [0.2, 0.25) is 41.9 Å². The average molecular weight is 2050 g/mol. The molecule has 3 fully saturated rings. The smallest absolute Gasteiger partial charge is 0.335 e. The van der Waals surface area contributed by atoms with E-state index >= 15 is 0 Å². The van der Waals surface area contributed by atoms with Gasteiger partial charge in [0, 0.05) is 89.3 Å². The van der Waals surface area contributed by atoms with Gasteiger partial charge >= 0.3 is 35.0 Å². The molecule has 141 heavy (non-hydrogen) atoms. The summed E-state index contributed by atoms with van der Waals surface area (Å²) in [5.41, 5.74) is 3.93. The Morgan fingerprint density at radius 3 is 1.04 bits per heavy atom. The minimum absolute atomic E-state index is 0.0119. The van der Waals surface area contributed by atoms with Gasteiger partial charge in [-0.05, 0) is 174 Å². The van der Waals surface area contributed by atoms with Crippen LogP contribution in [0.2, 0.25) is 0 Å². The lowest BCUT2D eigenvalue weighted by molar-refractivity contribution is -0.144. The van der Waals surface area contributed by atoms with Gasteiger partial charge in [-0.25, -0.2) is 77.9 Å². The van der Waals surface area contributed by atoms with Crippen molar-refractivity contribution in [2.75, 3.05) is 90.3 Å². The van der Waals surface area contributed by atoms with E-state index in [-0.39, 0.29) is 144 Å². The first-order valence-electron chi connectivity index (χ1n) is 44.9. The quantitative estimate of drug-likeness (QED) is 0.0261. The number of ether oxygens (including phenoxy) is 6. The number of hydrogen-bond donors (Lipinski definition) is 5. The van der Waals surface area contributed by atoms with E-state index in [0.717, 1.165) is 12.9 Å². The Bertz CT molecular complexity index is 6820. The highest BCUT2D eigenvalue weighted by molar-refractivity contribution is 8.02. The highest BCUT2D eigenvalue weighted by Crippen LogP contribution is 2.46. The first-order chi connectivity index (χ1) is 67.5. The number of fused-ring (bicyclic) bond motifs is 3. The molecule has 0 spiro atoms. The number of carbonyl (C=O) groups is 6. The van der Waals surface area contributed by atoms with Gasteiger partial charge in [0.1, 0.15) is 45.0 Å². The molecule has 0 saturated carbocycles. The maximum Gasteiger partial charge on any atom is 0.335 e. The number of nitrogens with one attached hydrogen (secondary N) is 2. The minimum Gasteiger partial charge on any atom is -0.481 e. The van der Waals surface area contributed by atoms with Crippen molar-refractivity contribution in [3.63, 3.8) is 0 Å². The standard InChI is InChI=1S/C94H105N17O24S6/c1-92(2)78(106(58-136-92)139(124,125)69-13-7-31-95-53-69)77(112)52-64(86(115)116)49-61-19-25-65(26-20-61)109-81-74(16-10-34-98-81)103(89(109)121)37-40-130-43-45-133-56-68(135-48-47-132-42-39-105-76-18-12-36-100-83(76)111(91(105)123)67-29-23-63(24-30-67)51-73(88(119)120)102-85(114)80-94(5,6)138-60-108(80)141(128,129)71-15-9-33-97-55-71)57-134-46-44-131-41-38-104-75-17-11-35-99-82(75)110(90(104)122)66-27-21-62(22-28-66)50-72(87(117)118)101-84(113)79-93(3,4)137-59-107(79)140(126,127)70-14-8-32-96-54-70/h7-36,53-55,64,68,72-73,78-80H,37-52,56-60H2,1-6H3,(H,101,113)(H,102,114)(H,115,116)(H,117,118)(H,119,120)/t64-,68?,72+,73+,78-,79-,80-/m1/s1. The number of carboxylic acid groups (broad SMARTS) is 3. The van der Waals surface area contributed by atoms with Gasteiger partial charge in [-0.1, -0.05) is 36.4 Å². The summed E-state index contributed by atoms with van der Waals surface area (Å²) in [5, 5.41) is 36.4. The van der Waals surface area contributed by atoms with Crippen molar-refractivity contribution < 1.29 is 97.8 Å². The van der Waals surface area contributed by atoms with E-state index in [1.165, 1.54) is 142 Å². The highest BCUT2D eigenvalue weighted by Gasteiger charge is 2.55. The summed E-state index contributed by atoms with van der Waals surface area (Å²) in [6, 6.07) is 31.9. The van der Waals surface area contributed by atoms with Gasteiger partial charge in [-0.15, -0.1) is 35.3 Å². The summed E-state index contributed by atoms with van der Waals surface area (Å²) < 4.78 is 129.